The van der Waals surface area contributed by atoms with E-state index >= 15 is 0 Å². The van der Waals surface area contributed by atoms with Crippen LogP contribution in [0.3, 0.4) is 0 Å². The monoisotopic (exact) mass is 482 g/mol. The molecule has 0 fully saturated rings. The van der Waals surface area contributed by atoms with Gasteiger partial charge >= 0.3 is 6.18 Å². The number of benzene rings is 2. The second-order valence-corrected chi connectivity index (χ2v) is 8.26. The largest absolute Gasteiger partial charge is 0.418 e. The van der Waals surface area contributed by atoms with Crippen LogP contribution in [-0.2, 0) is 11.0 Å². The Labute approximate surface area is 191 Å². The van der Waals surface area contributed by atoms with Gasteiger partial charge in [-0.1, -0.05) is 35.9 Å². The van der Waals surface area contributed by atoms with Crippen LogP contribution in [0.15, 0.2) is 48.5 Å². The second kappa shape index (κ2) is 10.0. The fourth-order valence-electron chi connectivity index (χ4n) is 2.64. The Balaban J connectivity index is 1.66. The molecule has 0 spiro atoms. The van der Waals surface area contributed by atoms with Crippen LogP contribution in [0.2, 0.25) is 5.02 Å². The highest BCUT2D eigenvalue weighted by molar-refractivity contribution is 8.00. The van der Waals surface area contributed by atoms with Crippen LogP contribution in [-0.4, -0.2) is 26.6 Å². The smallest absolute Gasteiger partial charge is 0.368 e. The van der Waals surface area contributed by atoms with Gasteiger partial charge in [0.2, 0.25) is 17.8 Å². The van der Waals surface area contributed by atoms with Gasteiger partial charge in [0.1, 0.15) is 5.82 Å². The third-order valence-electron chi connectivity index (χ3n) is 4.11. The summed E-state index contributed by atoms with van der Waals surface area (Å²) in [7, 11) is 0. The third-order valence-corrected chi connectivity index (χ3v) is 5.57. The van der Waals surface area contributed by atoms with Gasteiger partial charge in [0.15, 0.2) is 0 Å². The average Bonchev–Trinajstić information content (AvgIpc) is 2.73. The molecular formula is C20H18ClF3N6OS. The summed E-state index contributed by atoms with van der Waals surface area (Å²) in [4.78, 5) is 24.8. The van der Waals surface area contributed by atoms with Gasteiger partial charge in [-0.25, -0.2) is 0 Å². The van der Waals surface area contributed by atoms with Gasteiger partial charge in [0.25, 0.3) is 0 Å². The minimum absolute atomic E-state index is 0.00350. The van der Waals surface area contributed by atoms with Crippen LogP contribution in [0.1, 0.15) is 23.6 Å². The summed E-state index contributed by atoms with van der Waals surface area (Å²) in [6, 6.07) is 12.5. The number of nitrogens with zero attached hydrogens (tertiary/aromatic N) is 3. The highest BCUT2D eigenvalue weighted by Gasteiger charge is 2.34. The van der Waals surface area contributed by atoms with Crippen LogP contribution >= 0.6 is 23.4 Å². The maximum atomic E-state index is 13.2. The minimum Gasteiger partial charge on any atom is -0.368 e. The molecule has 0 bridgehead atoms. The SMILES string of the molecule is C[C@@H](SCC(=O)Nc1c(Cl)cccc1C(F)(F)F)c1nc(N)nc(Nc2ccccc2)n1. The van der Waals surface area contributed by atoms with E-state index in [0.29, 0.717) is 5.82 Å². The summed E-state index contributed by atoms with van der Waals surface area (Å²) in [6.45, 7) is 1.75. The number of carbonyl (C=O) groups is 1. The molecule has 0 aliphatic heterocycles. The van der Waals surface area contributed by atoms with Crippen LogP contribution in [0.4, 0.5) is 36.4 Å². The number of hydrogen-bond acceptors (Lipinski definition) is 7. The molecule has 1 atom stereocenters. The molecule has 1 amide bonds. The first-order valence-electron chi connectivity index (χ1n) is 9.24. The predicted molar refractivity (Wildman–Crippen MR) is 120 cm³/mol. The van der Waals surface area contributed by atoms with Crippen molar-refractivity contribution in [2.24, 2.45) is 0 Å². The summed E-state index contributed by atoms with van der Waals surface area (Å²) in [5, 5.41) is 4.66. The number of amides is 1. The predicted octanol–water partition coefficient (Wildman–Crippen LogP) is 5.30. The van der Waals surface area contributed by atoms with E-state index in [2.05, 4.69) is 25.6 Å². The number of hydrogen-bond donors (Lipinski definition) is 3. The van der Waals surface area contributed by atoms with Crippen molar-refractivity contribution in [1.82, 2.24) is 15.0 Å². The molecule has 1 aromatic heterocycles. The maximum absolute atomic E-state index is 13.2. The molecule has 2 aromatic carbocycles. The normalized spacial score (nSPS) is 12.3. The zero-order valence-corrected chi connectivity index (χ0v) is 18.2. The number of para-hydroxylation sites is 2. The Morgan fingerprint density at radius 3 is 2.53 bits per heavy atom. The molecule has 3 aromatic rings. The summed E-state index contributed by atoms with van der Waals surface area (Å²) >= 11 is 7.00. The number of anilines is 4. The van der Waals surface area contributed by atoms with Crippen LogP contribution < -0.4 is 16.4 Å². The first-order valence-corrected chi connectivity index (χ1v) is 10.7. The highest BCUT2D eigenvalue weighted by Crippen LogP contribution is 2.38. The van der Waals surface area contributed by atoms with Crippen molar-refractivity contribution in [3.05, 3.63) is 64.9 Å². The lowest BCUT2D eigenvalue weighted by Crippen LogP contribution is -2.19. The highest BCUT2D eigenvalue weighted by atomic mass is 35.5. The topological polar surface area (TPSA) is 106 Å². The van der Waals surface area contributed by atoms with Crippen LogP contribution in [0, 0.1) is 0 Å². The summed E-state index contributed by atoms with van der Waals surface area (Å²) in [5.74, 6) is -0.248. The van der Waals surface area contributed by atoms with Crippen molar-refractivity contribution in [3.8, 4) is 0 Å². The molecule has 1 heterocycles. The van der Waals surface area contributed by atoms with Gasteiger partial charge in [-0.2, -0.15) is 28.1 Å². The number of halogens is 4. The van der Waals surface area contributed by atoms with E-state index in [1.165, 1.54) is 12.1 Å². The Morgan fingerprint density at radius 1 is 1.12 bits per heavy atom. The van der Waals surface area contributed by atoms with Crippen molar-refractivity contribution in [2.45, 2.75) is 18.3 Å². The molecule has 0 aliphatic carbocycles. The van der Waals surface area contributed by atoms with E-state index in [0.717, 1.165) is 23.5 Å². The summed E-state index contributed by atoms with van der Waals surface area (Å²) < 4.78 is 39.6. The van der Waals surface area contributed by atoms with E-state index in [1.54, 1.807) is 6.92 Å². The first kappa shape index (κ1) is 23.6. The van der Waals surface area contributed by atoms with Gasteiger partial charge in [-0.3, -0.25) is 4.79 Å². The minimum atomic E-state index is -4.65. The Morgan fingerprint density at radius 2 is 1.84 bits per heavy atom. The van der Waals surface area contributed by atoms with Crippen LogP contribution in [0.25, 0.3) is 0 Å². The molecule has 32 heavy (non-hydrogen) atoms. The molecule has 0 saturated heterocycles. The number of alkyl halides is 3. The molecular weight excluding hydrogens is 465 g/mol. The van der Waals surface area contributed by atoms with E-state index in [-0.39, 0.29) is 22.7 Å². The quantitative estimate of drug-likeness (QED) is 0.419. The molecule has 168 valence electrons. The zero-order chi connectivity index (χ0) is 23.3. The Kier molecular flexibility index (Phi) is 7.41. The van der Waals surface area contributed by atoms with Gasteiger partial charge in [-0.15, -0.1) is 11.8 Å². The lowest BCUT2D eigenvalue weighted by atomic mass is 10.1. The Bertz CT molecular complexity index is 1100. The fraction of sp³-hybridized carbons (Fsp3) is 0.200. The van der Waals surface area contributed by atoms with Crippen molar-refractivity contribution >= 4 is 52.5 Å². The molecule has 12 heteroatoms. The number of rotatable bonds is 7. The number of carbonyl (C=O) groups excluding carboxylic acids is 1. The number of nitrogens with two attached hydrogens (primary N) is 1. The van der Waals surface area contributed by atoms with Crippen molar-refractivity contribution in [1.29, 1.82) is 0 Å². The van der Waals surface area contributed by atoms with E-state index < -0.39 is 28.6 Å². The Hall–Kier alpha value is -3.05. The zero-order valence-electron chi connectivity index (χ0n) is 16.7. The second-order valence-electron chi connectivity index (χ2n) is 6.53. The lowest BCUT2D eigenvalue weighted by molar-refractivity contribution is -0.137. The molecule has 0 aliphatic rings. The van der Waals surface area contributed by atoms with Crippen molar-refractivity contribution in [3.63, 3.8) is 0 Å². The molecule has 3 rings (SSSR count). The van der Waals surface area contributed by atoms with E-state index in [9.17, 15) is 18.0 Å². The number of nitrogen functional groups attached to an aromatic ring is 1. The standard InChI is InChI=1S/C20H18ClF3N6OS/c1-11(17-28-18(25)30-19(29-17)26-12-6-3-2-4-7-12)32-10-15(31)27-16-13(20(22,23)24)8-5-9-14(16)21/h2-9,11H,10H2,1H3,(H,27,31)(H3,25,26,28,29,30)/t11-/m1/s1. The number of thioether (sulfide) groups is 1. The van der Waals surface area contributed by atoms with E-state index in [1.807, 2.05) is 30.3 Å². The molecule has 0 saturated carbocycles. The van der Waals surface area contributed by atoms with Gasteiger partial charge in [-0.05, 0) is 31.2 Å². The molecule has 0 radical (unpaired) electrons. The number of nitrogens with one attached hydrogen (secondary N) is 2. The molecule has 0 unspecified atom stereocenters. The van der Waals surface area contributed by atoms with Crippen LogP contribution in [0.5, 0.6) is 0 Å². The van der Waals surface area contributed by atoms with Gasteiger partial charge < -0.3 is 16.4 Å². The summed E-state index contributed by atoms with van der Waals surface area (Å²) in [6.07, 6.45) is -4.65. The van der Waals surface area contributed by atoms with Gasteiger partial charge in [0, 0.05) is 5.69 Å². The van der Waals surface area contributed by atoms with Crippen molar-refractivity contribution < 1.29 is 18.0 Å². The maximum Gasteiger partial charge on any atom is 0.418 e. The number of aromatic nitrogens is 3. The fourth-order valence-corrected chi connectivity index (χ4v) is 3.59. The molecule has 7 nitrogen and oxygen atoms in total. The third kappa shape index (κ3) is 6.24. The van der Waals surface area contributed by atoms with Crippen molar-refractivity contribution in [2.75, 3.05) is 22.1 Å². The first-order chi connectivity index (χ1) is 15.1. The summed E-state index contributed by atoms with van der Waals surface area (Å²) in [5.41, 5.74) is 5.04. The lowest BCUT2D eigenvalue weighted by Gasteiger charge is -2.16. The van der Waals surface area contributed by atoms with E-state index in [4.69, 9.17) is 17.3 Å². The molecule has 4 N–H and O–H groups in total. The average molecular weight is 483 g/mol. The van der Waals surface area contributed by atoms with Gasteiger partial charge in [0.05, 0.1) is 27.3 Å².